The molecule has 0 spiro atoms. The number of nitrogens with one attached hydrogen (secondary N) is 1. The van der Waals surface area contributed by atoms with Crippen LogP contribution in [0.25, 0.3) is 0 Å². The summed E-state index contributed by atoms with van der Waals surface area (Å²) in [6.07, 6.45) is 3.00. The highest BCUT2D eigenvalue weighted by molar-refractivity contribution is 5.72. The normalized spacial score (nSPS) is 19.7. The van der Waals surface area contributed by atoms with Crippen LogP contribution in [-0.2, 0) is 23.7 Å². The second kappa shape index (κ2) is 15.6. The summed E-state index contributed by atoms with van der Waals surface area (Å²) in [7, 11) is 0. The fourth-order valence-corrected chi connectivity index (χ4v) is 4.27. The van der Waals surface area contributed by atoms with Crippen molar-refractivity contribution in [3.63, 3.8) is 0 Å². The third kappa shape index (κ3) is 9.33. The maximum atomic E-state index is 13.5. The van der Waals surface area contributed by atoms with Gasteiger partial charge in [0, 0.05) is 19.4 Å². The molecule has 3 rings (SSSR count). The number of amides is 1. The minimum absolute atomic E-state index is 0.0684. The van der Waals surface area contributed by atoms with Crippen LogP contribution in [0.15, 0.2) is 0 Å². The number of hydrogen-bond acceptors (Lipinski definition) is 7. The minimum Gasteiger partial charge on any atom is -0.449 e. The van der Waals surface area contributed by atoms with E-state index in [1.54, 1.807) is 0 Å². The molecular formula is C26H30F5NO7. The molecule has 0 aromatic heterocycles. The molecule has 2 aliphatic rings. The third-order valence-electron chi connectivity index (χ3n) is 6.34. The molecule has 1 aromatic rings. The van der Waals surface area contributed by atoms with Gasteiger partial charge in [0.15, 0.2) is 0 Å². The van der Waals surface area contributed by atoms with Crippen LogP contribution >= 0.6 is 0 Å². The smallest absolute Gasteiger partial charge is 0.407 e. The molecule has 0 aliphatic heterocycles. The van der Waals surface area contributed by atoms with Crippen molar-refractivity contribution in [2.45, 2.75) is 32.1 Å². The fraction of sp³-hybridized carbons (Fsp3) is 0.615. The van der Waals surface area contributed by atoms with Crippen molar-refractivity contribution >= 4 is 12.1 Å². The fourth-order valence-electron chi connectivity index (χ4n) is 4.27. The first kappa shape index (κ1) is 30.6. The second-order valence-electron chi connectivity index (χ2n) is 8.91. The molecule has 1 amide bonds. The molecule has 216 valence electrons. The van der Waals surface area contributed by atoms with Crippen molar-refractivity contribution < 1.29 is 55.2 Å². The SMILES string of the molecule is O=C(CCOCCOCCOCCNC(=O)OCC1C2CCC#CCCC21)Oc1c(F)c(F)c(F)c(F)c1F. The van der Waals surface area contributed by atoms with Gasteiger partial charge in [-0.2, -0.15) is 8.78 Å². The Morgan fingerprint density at radius 2 is 1.26 bits per heavy atom. The molecule has 1 aromatic carbocycles. The molecule has 0 saturated heterocycles. The van der Waals surface area contributed by atoms with E-state index in [2.05, 4.69) is 21.9 Å². The van der Waals surface area contributed by atoms with Crippen LogP contribution in [0.2, 0.25) is 0 Å². The van der Waals surface area contributed by atoms with E-state index < -0.39 is 53.3 Å². The van der Waals surface area contributed by atoms with E-state index in [-0.39, 0.29) is 46.2 Å². The Bertz CT molecular complexity index is 1010. The summed E-state index contributed by atoms with van der Waals surface area (Å²) in [6.45, 7) is 1.47. The van der Waals surface area contributed by atoms with Gasteiger partial charge in [0.1, 0.15) is 0 Å². The van der Waals surface area contributed by atoms with Crippen LogP contribution in [0.4, 0.5) is 26.7 Å². The lowest BCUT2D eigenvalue weighted by Crippen LogP contribution is -2.29. The van der Waals surface area contributed by atoms with Gasteiger partial charge in [-0.15, -0.1) is 11.8 Å². The van der Waals surface area contributed by atoms with Crippen molar-refractivity contribution in [2.75, 3.05) is 52.8 Å². The molecule has 8 nitrogen and oxygen atoms in total. The molecule has 0 bridgehead atoms. The van der Waals surface area contributed by atoms with E-state index >= 15 is 0 Å². The Labute approximate surface area is 222 Å². The lowest BCUT2D eigenvalue weighted by atomic mass is 10.1. The molecule has 2 aliphatic carbocycles. The Morgan fingerprint density at radius 3 is 1.85 bits per heavy atom. The van der Waals surface area contributed by atoms with Gasteiger partial charge in [0.2, 0.25) is 34.8 Å². The molecule has 39 heavy (non-hydrogen) atoms. The lowest BCUT2D eigenvalue weighted by molar-refractivity contribution is -0.136. The summed E-state index contributed by atoms with van der Waals surface area (Å²) < 4.78 is 91.5. The van der Waals surface area contributed by atoms with Crippen LogP contribution in [-0.4, -0.2) is 64.9 Å². The van der Waals surface area contributed by atoms with Gasteiger partial charge in [-0.25, -0.2) is 18.0 Å². The van der Waals surface area contributed by atoms with Crippen LogP contribution in [0.5, 0.6) is 5.75 Å². The van der Waals surface area contributed by atoms with E-state index in [4.69, 9.17) is 18.9 Å². The molecule has 2 unspecified atom stereocenters. The second-order valence-corrected chi connectivity index (χ2v) is 8.91. The van der Waals surface area contributed by atoms with Crippen LogP contribution in [0, 0.1) is 58.7 Å². The number of esters is 1. The number of rotatable bonds is 15. The van der Waals surface area contributed by atoms with E-state index in [0.717, 1.165) is 25.7 Å². The largest absolute Gasteiger partial charge is 0.449 e. The lowest BCUT2D eigenvalue weighted by Gasteiger charge is -2.09. The van der Waals surface area contributed by atoms with Gasteiger partial charge in [-0.3, -0.25) is 4.79 Å². The summed E-state index contributed by atoms with van der Waals surface area (Å²) in [6, 6.07) is 0. The topological polar surface area (TPSA) is 92.3 Å². The van der Waals surface area contributed by atoms with Gasteiger partial charge in [-0.05, 0) is 30.6 Å². The first-order chi connectivity index (χ1) is 18.8. The van der Waals surface area contributed by atoms with Crippen molar-refractivity contribution in [1.82, 2.24) is 5.32 Å². The monoisotopic (exact) mass is 563 g/mol. The maximum Gasteiger partial charge on any atom is 0.407 e. The van der Waals surface area contributed by atoms with Crippen LogP contribution in [0.1, 0.15) is 32.1 Å². The highest BCUT2D eigenvalue weighted by atomic mass is 19.2. The Hall–Kier alpha value is -2.95. The zero-order chi connectivity index (χ0) is 28.2. The number of fused-ring (bicyclic) bond motifs is 1. The molecule has 0 heterocycles. The highest BCUT2D eigenvalue weighted by Crippen LogP contribution is 2.52. The predicted octanol–water partition coefficient (Wildman–Crippen LogP) is 3.89. The number of halogens is 5. The first-order valence-corrected chi connectivity index (χ1v) is 12.6. The number of hydrogen-bond donors (Lipinski definition) is 1. The van der Waals surface area contributed by atoms with Crippen molar-refractivity contribution in [2.24, 2.45) is 17.8 Å². The van der Waals surface area contributed by atoms with Gasteiger partial charge in [-0.1, -0.05) is 0 Å². The van der Waals surface area contributed by atoms with E-state index in [1.807, 2.05) is 0 Å². The molecule has 0 radical (unpaired) electrons. The number of carbonyl (C=O) groups excluding carboxylic acids is 2. The molecular weight excluding hydrogens is 533 g/mol. The average Bonchev–Trinajstić information content (AvgIpc) is 3.56. The number of benzene rings is 1. The van der Waals surface area contributed by atoms with Crippen LogP contribution in [0.3, 0.4) is 0 Å². The molecule has 2 atom stereocenters. The summed E-state index contributed by atoms with van der Waals surface area (Å²) in [4.78, 5) is 23.4. The molecule has 1 fully saturated rings. The zero-order valence-corrected chi connectivity index (χ0v) is 21.2. The highest BCUT2D eigenvalue weighted by Gasteiger charge is 2.49. The Kier molecular flexibility index (Phi) is 12.2. The Balaban J connectivity index is 1.12. The van der Waals surface area contributed by atoms with Crippen LogP contribution < -0.4 is 10.1 Å². The van der Waals surface area contributed by atoms with E-state index in [1.165, 1.54) is 0 Å². The minimum atomic E-state index is -2.35. The molecule has 1 saturated carbocycles. The van der Waals surface area contributed by atoms with Crippen molar-refractivity contribution in [1.29, 1.82) is 0 Å². The molecule has 1 N–H and O–H groups in total. The quantitative estimate of drug-likeness (QED) is 0.0659. The summed E-state index contributed by atoms with van der Waals surface area (Å²) in [5, 5.41) is 2.63. The maximum absolute atomic E-state index is 13.5. The first-order valence-electron chi connectivity index (χ1n) is 12.6. The van der Waals surface area contributed by atoms with E-state index in [0.29, 0.717) is 24.4 Å². The van der Waals surface area contributed by atoms with Gasteiger partial charge in [0.05, 0.1) is 52.7 Å². The predicted molar refractivity (Wildman–Crippen MR) is 125 cm³/mol. The zero-order valence-electron chi connectivity index (χ0n) is 21.2. The third-order valence-corrected chi connectivity index (χ3v) is 6.34. The van der Waals surface area contributed by atoms with Gasteiger partial charge in [0.25, 0.3) is 0 Å². The van der Waals surface area contributed by atoms with E-state index in [9.17, 15) is 31.5 Å². The average molecular weight is 564 g/mol. The van der Waals surface area contributed by atoms with Gasteiger partial charge < -0.3 is 29.0 Å². The standard InChI is InChI=1S/C26H30F5NO7/c27-20-21(28)23(30)25(24(31)22(20)29)39-19(33)7-9-35-11-13-37-14-12-36-10-8-32-26(34)38-15-18-16-5-3-1-2-4-6-17(16)18/h16-18H,3-15H2,(H,32,34). The number of carbonyl (C=O) groups is 2. The summed E-state index contributed by atoms with van der Waals surface area (Å²) >= 11 is 0. The van der Waals surface area contributed by atoms with Gasteiger partial charge >= 0.3 is 12.1 Å². The summed E-state index contributed by atoms with van der Waals surface area (Å²) in [5.41, 5.74) is 0. The Morgan fingerprint density at radius 1 is 0.744 bits per heavy atom. The van der Waals surface area contributed by atoms with Crippen molar-refractivity contribution in [3.8, 4) is 17.6 Å². The molecule has 13 heteroatoms. The van der Waals surface area contributed by atoms with Crippen molar-refractivity contribution in [3.05, 3.63) is 29.1 Å². The number of alkyl carbamates (subject to hydrolysis) is 1. The summed E-state index contributed by atoms with van der Waals surface area (Å²) in [5.74, 6) is -6.19. The number of ether oxygens (including phenoxy) is 5.